The predicted octanol–water partition coefficient (Wildman–Crippen LogP) is 1.56. The minimum atomic E-state index is -0.814. The second kappa shape index (κ2) is 4.56. The van der Waals surface area contributed by atoms with Crippen molar-refractivity contribution in [1.82, 2.24) is 0 Å². The number of carbonyl (C=O) groups excluding carboxylic acids is 2. The number of esters is 1. The van der Waals surface area contributed by atoms with Crippen molar-refractivity contribution in [2.24, 2.45) is 0 Å². The molecule has 0 saturated heterocycles. The summed E-state index contributed by atoms with van der Waals surface area (Å²) in [6.45, 7) is 1.83. The van der Waals surface area contributed by atoms with Crippen LogP contribution in [0.5, 0.6) is 0 Å². The number of hydrogen-bond donors (Lipinski definition) is 0. The van der Waals surface area contributed by atoms with Gasteiger partial charge >= 0.3 is 5.97 Å². The quantitative estimate of drug-likeness (QED) is 0.492. The molecule has 0 fully saturated rings. The number of rotatable bonds is 2. The fourth-order valence-electron chi connectivity index (χ4n) is 1.20. The molecule has 0 heterocycles. The van der Waals surface area contributed by atoms with Gasteiger partial charge in [0, 0.05) is 5.57 Å². The Labute approximate surface area is 82.8 Å². The molecule has 0 bridgehead atoms. The van der Waals surface area contributed by atoms with E-state index in [0.29, 0.717) is 12.0 Å². The fourth-order valence-corrected chi connectivity index (χ4v) is 1.20. The summed E-state index contributed by atoms with van der Waals surface area (Å²) in [6, 6.07) is 0. The van der Waals surface area contributed by atoms with E-state index >= 15 is 0 Å². The number of Topliss-reactive ketones (excluding diaryl/α,β-unsaturated/α-hetero) is 1. The van der Waals surface area contributed by atoms with Crippen LogP contribution >= 0.6 is 0 Å². The molecule has 0 spiro atoms. The third kappa shape index (κ3) is 2.19. The highest BCUT2D eigenvalue weighted by Gasteiger charge is 2.19. The molecule has 14 heavy (non-hydrogen) atoms. The first-order valence-corrected chi connectivity index (χ1v) is 4.32. The normalized spacial score (nSPS) is 15.3. The Morgan fingerprint density at radius 1 is 1.36 bits per heavy atom. The van der Waals surface area contributed by atoms with E-state index in [1.54, 1.807) is 12.2 Å². The second-order valence-electron chi connectivity index (χ2n) is 3.01. The Hall–Kier alpha value is -1.64. The van der Waals surface area contributed by atoms with Crippen LogP contribution in [0.3, 0.4) is 0 Å². The standard InChI is InChI=1S/C11H12O3/c1-8-6-4-3-5-7-9(8)10(12)11(13)14-2/h3-5,7H,6H2,1-2H3. The lowest BCUT2D eigenvalue weighted by Gasteiger charge is -2.03. The first-order chi connectivity index (χ1) is 6.66. The van der Waals surface area contributed by atoms with Crippen LogP contribution in [0.15, 0.2) is 35.5 Å². The molecule has 3 heteroatoms. The van der Waals surface area contributed by atoms with E-state index in [1.165, 1.54) is 7.11 Å². The molecule has 0 amide bonds. The lowest BCUT2D eigenvalue weighted by Crippen LogP contribution is -2.17. The van der Waals surface area contributed by atoms with Gasteiger partial charge < -0.3 is 4.74 Å². The molecule has 0 aromatic carbocycles. The molecule has 0 N–H and O–H groups in total. The number of ether oxygens (including phenoxy) is 1. The highest BCUT2D eigenvalue weighted by Crippen LogP contribution is 2.15. The van der Waals surface area contributed by atoms with Gasteiger partial charge in [0.25, 0.3) is 5.78 Å². The number of hydrogen-bond acceptors (Lipinski definition) is 3. The molecule has 1 aliphatic carbocycles. The molecule has 0 atom stereocenters. The lowest BCUT2D eigenvalue weighted by atomic mass is 10.0. The Kier molecular flexibility index (Phi) is 3.40. The minimum Gasteiger partial charge on any atom is -0.463 e. The van der Waals surface area contributed by atoms with Gasteiger partial charge in [0.15, 0.2) is 0 Å². The van der Waals surface area contributed by atoms with Crippen molar-refractivity contribution in [3.63, 3.8) is 0 Å². The molecule has 0 aromatic rings. The van der Waals surface area contributed by atoms with Gasteiger partial charge in [0.1, 0.15) is 0 Å². The molecule has 3 nitrogen and oxygen atoms in total. The average molecular weight is 192 g/mol. The number of allylic oxidation sites excluding steroid dienone is 5. The van der Waals surface area contributed by atoms with E-state index in [2.05, 4.69) is 4.74 Å². The largest absolute Gasteiger partial charge is 0.463 e. The summed E-state index contributed by atoms with van der Waals surface area (Å²) in [5.74, 6) is -1.39. The maximum atomic E-state index is 11.5. The van der Waals surface area contributed by atoms with Gasteiger partial charge in [-0.1, -0.05) is 29.9 Å². The van der Waals surface area contributed by atoms with Crippen molar-refractivity contribution in [3.05, 3.63) is 35.5 Å². The Morgan fingerprint density at radius 2 is 2.07 bits per heavy atom. The van der Waals surface area contributed by atoms with Crippen molar-refractivity contribution in [3.8, 4) is 0 Å². The van der Waals surface area contributed by atoms with E-state index in [-0.39, 0.29) is 0 Å². The van der Waals surface area contributed by atoms with Crippen molar-refractivity contribution in [2.75, 3.05) is 7.11 Å². The van der Waals surface area contributed by atoms with Crippen molar-refractivity contribution >= 4 is 11.8 Å². The van der Waals surface area contributed by atoms with Gasteiger partial charge in [-0.05, 0) is 13.3 Å². The van der Waals surface area contributed by atoms with Crippen LogP contribution in [-0.4, -0.2) is 18.9 Å². The molecule has 74 valence electrons. The molecule has 0 saturated carbocycles. The van der Waals surface area contributed by atoms with E-state index in [1.807, 2.05) is 19.1 Å². The summed E-state index contributed by atoms with van der Waals surface area (Å²) in [5.41, 5.74) is 1.31. The SMILES string of the molecule is COC(=O)C(=O)C1=C(C)CC=CC=C1. The van der Waals surface area contributed by atoms with Crippen LogP contribution in [0.4, 0.5) is 0 Å². The molecule has 0 radical (unpaired) electrons. The van der Waals surface area contributed by atoms with Crippen LogP contribution in [0, 0.1) is 0 Å². The highest BCUT2D eigenvalue weighted by atomic mass is 16.5. The zero-order chi connectivity index (χ0) is 10.6. The van der Waals surface area contributed by atoms with E-state index in [4.69, 9.17) is 0 Å². The van der Waals surface area contributed by atoms with Gasteiger partial charge in [0.05, 0.1) is 7.11 Å². The molecule has 1 aliphatic rings. The summed E-state index contributed by atoms with van der Waals surface area (Å²) < 4.78 is 4.38. The summed E-state index contributed by atoms with van der Waals surface area (Å²) >= 11 is 0. The van der Waals surface area contributed by atoms with Crippen LogP contribution in [0.1, 0.15) is 13.3 Å². The van der Waals surface area contributed by atoms with E-state index in [9.17, 15) is 9.59 Å². The molecular formula is C11H12O3. The van der Waals surface area contributed by atoms with Gasteiger partial charge in [-0.3, -0.25) is 4.79 Å². The third-order valence-corrected chi connectivity index (χ3v) is 2.01. The summed E-state index contributed by atoms with van der Waals surface area (Å²) in [6.07, 6.45) is 7.85. The zero-order valence-corrected chi connectivity index (χ0v) is 8.24. The molecule has 0 unspecified atom stereocenters. The summed E-state index contributed by atoms with van der Waals surface area (Å²) in [5, 5.41) is 0. The lowest BCUT2D eigenvalue weighted by molar-refractivity contribution is -0.149. The third-order valence-electron chi connectivity index (χ3n) is 2.01. The van der Waals surface area contributed by atoms with Gasteiger partial charge in [-0.25, -0.2) is 4.79 Å². The van der Waals surface area contributed by atoms with Crippen molar-refractivity contribution in [1.29, 1.82) is 0 Å². The van der Waals surface area contributed by atoms with Gasteiger partial charge in [0.2, 0.25) is 0 Å². The maximum Gasteiger partial charge on any atom is 0.379 e. The maximum absolute atomic E-state index is 11.5. The number of methoxy groups -OCH3 is 1. The average Bonchev–Trinajstić information content (AvgIpc) is 2.40. The molecule has 0 aromatic heterocycles. The molecular weight excluding hydrogens is 180 g/mol. The first-order valence-electron chi connectivity index (χ1n) is 4.32. The van der Waals surface area contributed by atoms with E-state index < -0.39 is 11.8 Å². The molecule has 0 aliphatic heterocycles. The Morgan fingerprint density at radius 3 is 2.71 bits per heavy atom. The van der Waals surface area contributed by atoms with Crippen molar-refractivity contribution in [2.45, 2.75) is 13.3 Å². The molecule has 1 rings (SSSR count). The summed E-state index contributed by atoms with van der Waals surface area (Å²) in [4.78, 5) is 22.5. The Balaban J connectivity index is 2.96. The predicted molar refractivity (Wildman–Crippen MR) is 52.6 cm³/mol. The smallest absolute Gasteiger partial charge is 0.379 e. The number of ketones is 1. The second-order valence-corrected chi connectivity index (χ2v) is 3.01. The highest BCUT2D eigenvalue weighted by molar-refractivity contribution is 6.41. The van der Waals surface area contributed by atoms with Crippen LogP contribution < -0.4 is 0 Å². The zero-order valence-electron chi connectivity index (χ0n) is 8.24. The summed E-state index contributed by atoms with van der Waals surface area (Å²) in [7, 11) is 1.20. The topological polar surface area (TPSA) is 43.4 Å². The van der Waals surface area contributed by atoms with Crippen LogP contribution in [-0.2, 0) is 14.3 Å². The first kappa shape index (κ1) is 10.4. The van der Waals surface area contributed by atoms with E-state index in [0.717, 1.165) is 5.57 Å². The van der Waals surface area contributed by atoms with Crippen molar-refractivity contribution < 1.29 is 14.3 Å². The minimum absolute atomic E-state index is 0.432. The number of carbonyl (C=O) groups is 2. The monoisotopic (exact) mass is 192 g/mol. The Bertz CT molecular complexity index is 346. The van der Waals surface area contributed by atoms with Gasteiger partial charge in [-0.15, -0.1) is 0 Å². The van der Waals surface area contributed by atoms with Crippen LogP contribution in [0.2, 0.25) is 0 Å². The van der Waals surface area contributed by atoms with Crippen LogP contribution in [0.25, 0.3) is 0 Å². The van der Waals surface area contributed by atoms with Gasteiger partial charge in [-0.2, -0.15) is 0 Å². The fraction of sp³-hybridized carbons (Fsp3) is 0.273.